The summed E-state index contributed by atoms with van der Waals surface area (Å²) in [5.74, 6) is 1.65. The second-order valence-electron chi connectivity index (χ2n) is 5.70. The molecule has 0 spiro atoms. The van der Waals surface area contributed by atoms with Crippen molar-refractivity contribution in [2.45, 2.75) is 32.4 Å². The van der Waals surface area contributed by atoms with Crippen LogP contribution in [0.2, 0.25) is 0 Å². The van der Waals surface area contributed by atoms with Gasteiger partial charge in [-0.1, -0.05) is 0 Å². The summed E-state index contributed by atoms with van der Waals surface area (Å²) < 4.78 is 16.5. The van der Waals surface area contributed by atoms with E-state index in [0.29, 0.717) is 37.0 Å². The molecule has 0 bridgehead atoms. The summed E-state index contributed by atoms with van der Waals surface area (Å²) in [6.07, 6.45) is 0.273. The van der Waals surface area contributed by atoms with Crippen LogP contribution in [-0.4, -0.2) is 31.8 Å². The van der Waals surface area contributed by atoms with Gasteiger partial charge >= 0.3 is 0 Å². The molecular formula is C15H22N2O4. The van der Waals surface area contributed by atoms with Crippen molar-refractivity contribution >= 4 is 5.91 Å². The van der Waals surface area contributed by atoms with E-state index in [0.717, 1.165) is 5.56 Å². The minimum Gasteiger partial charge on any atom is -0.493 e. The number of amides is 1. The maximum atomic E-state index is 11.0. The minimum atomic E-state index is -0.369. The van der Waals surface area contributed by atoms with Crippen molar-refractivity contribution in [3.8, 4) is 17.2 Å². The zero-order chi connectivity index (χ0) is 15.5. The van der Waals surface area contributed by atoms with Crippen molar-refractivity contribution in [2.75, 3.05) is 20.3 Å². The van der Waals surface area contributed by atoms with Crippen LogP contribution in [0.3, 0.4) is 0 Å². The summed E-state index contributed by atoms with van der Waals surface area (Å²) in [5, 5.41) is 3.31. The predicted octanol–water partition coefficient (Wildman–Crippen LogP) is 1.21. The number of nitrogens with two attached hydrogens (primary N) is 1. The average Bonchev–Trinajstić information content (AvgIpc) is 2.43. The number of benzene rings is 1. The fourth-order valence-corrected chi connectivity index (χ4v) is 2.27. The van der Waals surface area contributed by atoms with E-state index in [1.807, 2.05) is 26.0 Å². The summed E-state index contributed by atoms with van der Waals surface area (Å²) in [6.45, 7) is 5.50. The molecule has 0 saturated carbocycles. The largest absolute Gasteiger partial charge is 0.493 e. The molecule has 0 atom stereocenters. The van der Waals surface area contributed by atoms with Crippen LogP contribution < -0.4 is 25.3 Å². The molecule has 1 aliphatic rings. The smallest absolute Gasteiger partial charge is 0.219 e. The van der Waals surface area contributed by atoms with Gasteiger partial charge in [0, 0.05) is 18.5 Å². The topological polar surface area (TPSA) is 82.8 Å². The molecule has 6 heteroatoms. The SMILES string of the molecule is COc1cc(CNC(C)(C)CC(N)=O)cc2c1OCCO2. The van der Waals surface area contributed by atoms with E-state index in [-0.39, 0.29) is 17.9 Å². The monoisotopic (exact) mass is 294 g/mol. The molecule has 0 aromatic heterocycles. The number of hydrogen-bond donors (Lipinski definition) is 2. The Bertz CT molecular complexity index is 511. The van der Waals surface area contributed by atoms with Crippen molar-refractivity contribution in [1.29, 1.82) is 0 Å². The first kappa shape index (κ1) is 15.4. The highest BCUT2D eigenvalue weighted by Crippen LogP contribution is 2.40. The maximum Gasteiger partial charge on any atom is 0.219 e. The number of primary amides is 1. The first-order valence-electron chi connectivity index (χ1n) is 6.91. The fraction of sp³-hybridized carbons (Fsp3) is 0.533. The average molecular weight is 294 g/mol. The van der Waals surface area contributed by atoms with Crippen LogP contribution in [0.1, 0.15) is 25.8 Å². The van der Waals surface area contributed by atoms with Gasteiger partial charge in [0.1, 0.15) is 13.2 Å². The minimum absolute atomic E-state index is 0.273. The lowest BCUT2D eigenvalue weighted by Gasteiger charge is -2.26. The third-order valence-corrected chi connectivity index (χ3v) is 3.28. The van der Waals surface area contributed by atoms with E-state index in [9.17, 15) is 4.79 Å². The number of rotatable bonds is 6. The van der Waals surface area contributed by atoms with Crippen molar-refractivity contribution in [3.05, 3.63) is 17.7 Å². The molecule has 0 unspecified atom stereocenters. The number of carbonyl (C=O) groups excluding carboxylic acids is 1. The molecule has 116 valence electrons. The molecule has 1 aromatic rings. The first-order chi connectivity index (χ1) is 9.91. The lowest BCUT2D eigenvalue weighted by Crippen LogP contribution is -2.42. The highest BCUT2D eigenvalue weighted by Gasteiger charge is 2.22. The normalized spacial score (nSPS) is 13.9. The van der Waals surface area contributed by atoms with Gasteiger partial charge in [0.15, 0.2) is 11.5 Å². The molecule has 21 heavy (non-hydrogen) atoms. The standard InChI is InChI=1S/C15H22N2O4/c1-15(2,8-13(16)18)17-9-10-6-11(19-3)14-12(7-10)20-4-5-21-14/h6-7,17H,4-5,8-9H2,1-3H3,(H2,16,18). The first-order valence-corrected chi connectivity index (χ1v) is 6.91. The Labute approximate surface area is 124 Å². The van der Waals surface area contributed by atoms with Gasteiger partial charge in [0.25, 0.3) is 0 Å². The second-order valence-corrected chi connectivity index (χ2v) is 5.70. The summed E-state index contributed by atoms with van der Waals surface area (Å²) in [4.78, 5) is 11.0. The van der Waals surface area contributed by atoms with E-state index in [4.69, 9.17) is 19.9 Å². The molecule has 3 N–H and O–H groups in total. The molecule has 6 nitrogen and oxygen atoms in total. The summed E-state index contributed by atoms with van der Waals surface area (Å²) in [7, 11) is 1.60. The van der Waals surface area contributed by atoms with Crippen LogP contribution in [0.15, 0.2) is 12.1 Å². The van der Waals surface area contributed by atoms with Crippen LogP contribution in [0, 0.1) is 0 Å². The third kappa shape index (κ3) is 4.01. The number of fused-ring (bicyclic) bond motifs is 1. The molecule has 0 aliphatic carbocycles. The van der Waals surface area contributed by atoms with Crippen LogP contribution in [0.5, 0.6) is 17.2 Å². The van der Waals surface area contributed by atoms with E-state index >= 15 is 0 Å². The van der Waals surface area contributed by atoms with Gasteiger partial charge < -0.3 is 25.3 Å². The molecule has 2 rings (SSSR count). The molecule has 0 radical (unpaired) electrons. The Morgan fingerprint density at radius 3 is 2.76 bits per heavy atom. The van der Waals surface area contributed by atoms with Crippen molar-refractivity contribution in [3.63, 3.8) is 0 Å². The molecule has 1 amide bonds. The Hall–Kier alpha value is -1.95. The highest BCUT2D eigenvalue weighted by atomic mass is 16.6. The van der Waals surface area contributed by atoms with Gasteiger partial charge in [-0.15, -0.1) is 0 Å². The maximum absolute atomic E-state index is 11.0. The van der Waals surface area contributed by atoms with Gasteiger partial charge in [-0.2, -0.15) is 0 Å². The Kier molecular flexibility index (Phi) is 4.57. The molecule has 1 aliphatic heterocycles. The van der Waals surface area contributed by atoms with Crippen LogP contribution in [0.25, 0.3) is 0 Å². The van der Waals surface area contributed by atoms with E-state index < -0.39 is 0 Å². The fourth-order valence-electron chi connectivity index (χ4n) is 2.27. The molecule has 1 heterocycles. The summed E-state index contributed by atoms with van der Waals surface area (Å²) >= 11 is 0. The third-order valence-electron chi connectivity index (χ3n) is 3.28. The highest BCUT2D eigenvalue weighted by molar-refractivity contribution is 5.75. The number of nitrogens with one attached hydrogen (secondary N) is 1. The number of carbonyl (C=O) groups is 1. The van der Waals surface area contributed by atoms with Crippen LogP contribution in [0.4, 0.5) is 0 Å². The molecule has 1 aromatic carbocycles. The number of hydrogen-bond acceptors (Lipinski definition) is 5. The molecule has 0 fully saturated rings. The van der Waals surface area contributed by atoms with E-state index in [2.05, 4.69) is 5.32 Å². The Morgan fingerprint density at radius 1 is 1.38 bits per heavy atom. The molecule has 0 saturated heterocycles. The van der Waals surface area contributed by atoms with Crippen molar-refractivity contribution in [1.82, 2.24) is 5.32 Å². The zero-order valence-electron chi connectivity index (χ0n) is 12.7. The predicted molar refractivity (Wildman–Crippen MR) is 78.7 cm³/mol. The van der Waals surface area contributed by atoms with Gasteiger partial charge in [-0.05, 0) is 31.5 Å². The van der Waals surface area contributed by atoms with Gasteiger partial charge in [-0.25, -0.2) is 0 Å². The van der Waals surface area contributed by atoms with Crippen molar-refractivity contribution < 1.29 is 19.0 Å². The zero-order valence-corrected chi connectivity index (χ0v) is 12.7. The lowest BCUT2D eigenvalue weighted by atomic mass is 9.99. The number of methoxy groups -OCH3 is 1. The van der Waals surface area contributed by atoms with E-state index in [1.54, 1.807) is 7.11 Å². The van der Waals surface area contributed by atoms with E-state index in [1.165, 1.54) is 0 Å². The summed E-state index contributed by atoms with van der Waals surface area (Å²) in [6, 6.07) is 3.82. The Balaban J connectivity index is 2.12. The van der Waals surface area contributed by atoms with Crippen LogP contribution in [-0.2, 0) is 11.3 Å². The molecular weight excluding hydrogens is 272 g/mol. The summed E-state index contributed by atoms with van der Waals surface area (Å²) in [5.41, 5.74) is 5.87. The second kappa shape index (κ2) is 6.22. The Morgan fingerprint density at radius 2 is 2.10 bits per heavy atom. The van der Waals surface area contributed by atoms with Crippen LogP contribution >= 0.6 is 0 Å². The quantitative estimate of drug-likeness (QED) is 0.824. The van der Waals surface area contributed by atoms with Gasteiger partial charge in [0.2, 0.25) is 11.7 Å². The number of ether oxygens (including phenoxy) is 3. The van der Waals surface area contributed by atoms with Gasteiger partial charge in [-0.3, -0.25) is 4.79 Å². The lowest BCUT2D eigenvalue weighted by molar-refractivity contribution is -0.119. The van der Waals surface area contributed by atoms with Crippen molar-refractivity contribution in [2.24, 2.45) is 5.73 Å². The van der Waals surface area contributed by atoms with Gasteiger partial charge in [0.05, 0.1) is 7.11 Å².